The van der Waals surface area contributed by atoms with E-state index in [0.29, 0.717) is 16.0 Å². The molecule has 0 spiro atoms. The third-order valence-corrected chi connectivity index (χ3v) is 9.33. The van der Waals surface area contributed by atoms with Gasteiger partial charge in [-0.1, -0.05) is 44.2 Å². The van der Waals surface area contributed by atoms with Crippen LogP contribution in [0, 0.1) is 5.41 Å². The van der Waals surface area contributed by atoms with Crippen molar-refractivity contribution in [2.45, 2.75) is 57.2 Å². The molecular weight excluding hydrogens is 585 g/mol. The highest BCUT2D eigenvalue weighted by Crippen LogP contribution is 2.48. The largest absolute Gasteiger partial charge is 0.394 e. The smallest absolute Gasteiger partial charge is 0.251 e. The van der Waals surface area contributed by atoms with Gasteiger partial charge in [0.1, 0.15) is 11.9 Å². The van der Waals surface area contributed by atoms with Crippen molar-refractivity contribution in [3.63, 3.8) is 0 Å². The van der Waals surface area contributed by atoms with Gasteiger partial charge in [0.05, 0.1) is 25.3 Å². The molecule has 12 heteroatoms. The maximum atomic E-state index is 13.7. The number of carbonyl (C=O) groups excluding carboxylic acids is 3. The summed E-state index contributed by atoms with van der Waals surface area (Å²) in [6, 6.07) is 13.4. The van der Waals surface area contributed by atoms with E-state index in [1.807, 2.05) is 30.3 Å². The fourth-order valence-electron chi connectivity index (χ4n) is 6.06. The van der Waals surface area contributed by atoms with Crippen LogP contribution in [0.5, 0.6) is 0 Å². The minimum absolute atomic E-state index is 0.0387. The molecule has 5 rings (SSSR count). The number of benzene rings is 2. The monoisotopic (exact) mass is 621 g/mol. The van der Waals surface area contributed by atoms with Gasteiger partial charge in [-0.25, -0.2) is 4.39 Å². The van der Waals surface area contributed by atoms with Crippen LogP contribution in [0.4, 0.5) is 4.39 Å². The number of ether oxygens (including phenoxy) is 1. The molecule has 1 fully saturated rings. The molecule has 4 atom stereocenters. The highest BCUT2D eigenvalue weighted by Gasteiger charge is 2.41. The lowest BCUT2D eigenvalue weighted by Crippen LogP contribution is -2.49. The van der Waals surface area contributed by atoms with Gasteiger partial charge in [-0.3, -0.25) is 19.8 Å². The predicted octanol–water partition coefficient (Wildman–Crippen LogP) is 3.22. The van der Waals surface area contributed by atoms with Crippen LogP contribution in [0.3, 0.4) is 0 Å². The van der Waals surface area contributed by atoms with Gasteiger partial charge in [0.15, 0.2) is 6.36 Å². The van der Waals surface area contributed by atoms with Crippen LogP contribution in [0.1, 0.15) is 65.2 Å². The molecule has 0 bridgehead atoms. The summed E-state index contributed by atoms with van der Waals surface area (Å²) in [5.41, 5.74) is 10.5. The van der Waals surface area contributed by atoms with Gasteiger partial charge in [-0.15, -0.1) is 11.3 Å². The van der Waals surface area contributed by atoms with E-state index in [1.54, 1.807) is 17.5 Å². The summed E-state index contributed by atoms with van der Waals surface area (Å²) in [7, 11) is 0. The molecule has 2 aromatic carbocycles. The third kappa shape index (κ3) is 6.10. The first-order chi connectivity index (χ1) is 20.9. The van der Waals surface area contributed by atoms with Gasteiger partial charge >= 0.3 is 0 Å². The second-order valence-corrected chi connectivity index (χ2v) is 12.6. The average molecular weight is 622 g/mol. The highest BCUT2D eigenvalue weighted by molar-refractivity contribution is 7.10. The van der Waals surface area contributed by atoms with Crippen molar-refractivity contribution in [2.75, 3.05) is 19.7 Å². The second kappa shape index (κ2) is 12.5. The number of carbonyl (C=O) groups is 3. The van der Waals surface area contributed by atoms with E-state index in [0.717, 1.165) is 16.7 Å². The fourth-order valence-corrected chi connectivity index (χ4v) is 7.01. The lowest BCUT2D eigenvalue weighted by Gasteiger charge is -2.25. The van der Waals surface area contributed by atoms with Gasteiger partial charge < -0.3 is 31.1 Å². The van der Waals surface area contributed by atoms with Crippen LogP contribution in [0.25, 0.3) is 11.1 Å². The van der Waals surface area contributed by atoms with E-state index in [2.05, 4.69) is 30.5 Å². The molecule has 3 aromatic rings. The Labute approximate surface area is 258 Å². The number of aliphatic hydroxyl groups is 1. The van der Waals surface area contributed by atoms with E-state index >= 15 is 0 Å². The highest BCUT2D eigenvalue weighted by atomic mass is 32.1. The summed E-state index contributed by atoms with van der Waals surface area (Å²) >= 11 is 1.23. The predicted molar refractivity (Wildman–Crippen MR) is 165 cm³/mol. The zero-order chi connectivity index (χ0) is 31.8. The van der Waals surface area contributed by atoms with E-state index in [4.69, 9.17) is 15.9 Å². The van der Waals surface area contributed by atoms with Crippen LogP contribution in [-0.2, 0) is 19.7 Å². The quantitative estimate of drug-likeness (QED) is 0.173. The second-order valence-electron chi connectivity index (χ2n) is 11.6. The third-order valence-electron chi connectivity index (χ3n) is 8.28. The maximum absolute atomic E-state index is 13.7. The molecule has 10 nitrogen and oxygen atoms in total. The summed E-state index contributed by atoms with van der Waals surface area (Å²) in [5, 5.41) is 24.6. The molecule has 3 amide bonds. The van der Waals surface area contributed by atoms with E-state index in [9.17, 15) is 23.9 Å². The molecule has 2 aliphatic rings. The molecule has 1 unspecified atom stereocenters. The zero-order valence-electron chi connectivity index (χ0n) is 24.7. The number of amidine groups is 1. The van der Waals surface area contributed by atoms with Gasteiger partial charge in [0.2, 0.25) is 11.8 Å². The van der Waals surface area contributed by atoms with Gasteiger partial charge in [0, 0.05) is 39.8 Å². The zero-order valence-corrected chi connectivity index (χ0v) is 25.5. The van der Waals surface area contributed by atoms with Crippen LogP contribution >= 0.6 is 11.3 Å². The number of nitrogen functional groups attached to an aromatic ring is 1. The molecule has 232 valence electrons. The summed E-state index contributed by atoms with van der Waals surface area (Å²) < 4.78 is 19.0. The van der Waals surface area contributed by atoms with Crippen LogP contribution < -0.4 is 16.4 Å². The van der Waals surface area contributed by atoms with Gasteiger partial charge in [-0.05, 0) is 47.4 Å². The van der Waals surface area contributed by atoms with Crippen molar-refractivity contribution in [1.82, 2.24) is 15.5 Å². The molecule has 0 saturated carbocycles. The van der Waals surface area contributed by atoms with Crippen molar-refractivity contribution in [1.29, 1.82) is 5.41 Å². The van der Waals surface area contributed by atoms with Crippen molar-refractivity contribution in [3.8, 4) is 11.1 Å². The number of halogens is 1. The minimum Gasteiger partial charge on any atom is -0.394 e. The molecule has 1 aromatic heterocycles. The van der Waals surface area contributed by atoms with E-state index in [1.165, 1.54) is 28.7 Å². The Kier molecular flexibility index (Phi) is 8.87. The van der Waals surface area contributed by atoms with Crippen LogP contribution in [0.2, 0.25) is 0 Å². The fraction of sp³-hybridized carbons (Fsp3) is 0.375. The number of nitrogens with two attached hydrogens (primary N) is 1. The number of fused-ring (bicyclic) bond motifs is 3. The number of hydrogen-bond acceptors (Lipinski definition) is 7. The Bertz CT molecular complexity index is 1610. The van der Waals surface area contributed by atoms with Crippen LogP contribution in [-0.4, -0.2) is 71.8 Å². The number of amides is 3. The SMILES string of the molecule is CC(F)O[C@@H]1C[C@@H](C(=O)N[C@H](CO)c2cc(C(=N)N)cs2)N(C(=O)CNC(=O)c2ccc3c(c2)-c2ccccc2C3(C)C)C1. The molecule has 1 aliphatic heterocycles. The molecular formula is C32H36FN5O5S. The standard InChI is InChI=1S/C32H36FN5O5S/c1-17(33)43-20-12-26(31(42)37-25(15-39)27-11-19(16-44-27)29(34)35)38(14-20)28(40)13-36-30(41)18-8-9-24-22(10-18)21-6-4-5-7-23(21)32(24,2)3/h4-11,16-17,20,25-26,39H,12-15H2,1-3H3,(H3,34,35)(H,36,41)(H,37,42)/t17?,20-,25-,26+/m1/s1. The lowest BCUT2D eigenvalue weighted by molar-refractivity contribution is -0.138. The van der Waals surface area contributed by atoms with Crippen LogP contribution in [0.15, 0.2) is 53.9 Å². The Morgan fingerprint density at radius 3 is 2.57 bits per heavy atom. The maximum Gasteiger partial charge on any atom is 0.251 e. The van der Waals surface area contributed by atoms with Crippen molar-refractivity contribution in [3.05, 3.63) is 81.0 Å². The number of rotatable bonds is 10. The Balaban J connectivity index is 1.28. The molecule has 1 saturated heterocycles. The normalized spacial score (nSPS) is 19.5. The van der Waals surface area contributed by atoms with Crippen molar-refractivity contribution >= 4 is 34.9 Å². The molecule has 0 radical (unpaired) electrons. The number of hydrogen-bond donors (Lipinski definition) is 5. The number of nitrogens with one attached hydrogen (secondary N) is 3. The first-order valence-electron chi connectivity index (χ1n) is 14.4. The topological polar surface area (TPSA) is 158 Å². The Morgan fingerprint density at radius 2 is 1.89 bits per heavy atom. The number of alkyl halides is 1. The Hall–Kier alpha value is -4.13. The van der Waals surface area contributed by atoms with E-state index < -0.39 is 48.9 Å². The number of thiophene rings is 1. The first kappa shape index (κ1) is 31.3. The van der Waals surface area contributed by atoms with Crippen molar-refractivity contribution < 1.29 is 28.6 Å². The molecule has 1 aliphatic carbocycles. The summed E-state index contributed by atoms with van der Waals surface area (Å²) in [4.78, 5) is 41.8. The summed E-state index contributed by atoms with van der Waals surface area (Å²) in [6.45, 7) is 4.67. The lowest BCUT2D eigenvalue weighted by atomic mass is 9.82. The number of likely N-dealkylation sites (tertiary alicyclic amines) is 1. The van der Waals surface area contributed by atoms with Crippen molar-refractivity contribution in [2.24, 2.45) is 5.73 Å². The van der Waals surface area contributed by atoms with Gasteiger partial charge in [0.25, 0.3) is 5.91 Å². The van der Waals surface area contributed by atoms with Gasteiger partial charge in [-0.2, -0.15) is 0 Å². The summed E-state index contributed by atoms with van der Waals surface area (Å²) in [6.07, 6.45) is -2.29. The molecule has 2 heterocycles. The van der Waals surface area contributed by atoms with E-state index in [-0.39, 0.29) is 30.8 Å². The average Bonchev–Trinajstić information content (AvgIpc) is 3.70. The number of nitrogens with zero attached hydrogens (tertiary/aromatic N) is 1. The molecule has 6 N–H and O–H groups in total. The first-order valence-corrected chi connectivity index (χ1v) is 15.2. The summed E-state index contributed by atoms with van der Waals surface area (Å²) in [5.74, 6) is -1.66. The molecule has 44 heavy (non-hydrogen) atoms. The number of aliphatic hydroxyl groups excluding tert-OH is 1. The minimum atomic E-state index is -1.60. The Morgan fingerprint density at radius 1 is 1.16 bits per heavy atom.